The van der Waals surface area contributed by atoms with Crippen molar-refractivity contribution < 1.29 is 4.42 Å². The average Bonchev–Trinajstić information content (AvgIpc) is 3.98. The Morgan fingerprint density at radius 2 is 0.952 bits per heavy atom. The number of para-hydroxylation sites is 4. The van der Waals surface area contributed by atoms with Crippen molar-refractivity contribution in [2.75, 3.05) is 0 Å². The van der Waals surface area contributed by atoms with Gasteiger partial charge in [0.1, 0.15) is 50.4 Å². The molecule has 0 atom stereocenters. The normalized spacial score (nSPS) is 11.9. The van der Waals surface area contributed by atoms with E-state index in [9.17, 15) is 0 Å². The molecule has 11 heteroatoms. The minimum Gasteiger partial charge on any atom is -0.455 e. The monoisotopic (exact) mass is 789 g/mol. The van der Waals surface area contributed by atoms with Gasteiger partial charge in [-0.25, -0.2) is 4.98 Å². The van der Waals surface area contributed by atoms with Crippen LogP contribution >= 0.6 is 0 Å². The highest BCUT2D eigenvalue weighted by Gasteiger charge is 2.23. The SMILES string of the molecule is Bc1c(B)c(B)c(-c2nc(-c3cccc4c3oc3ccc(-n5c6ccccc6c6ccc(-c7ccccc7)cc65)cc34)nc(-n3c4ccccc4c4ccccc43)n2)c(B)c1B. The number of fused-ring (bicyclic) bond motifs is 9. The quantitative estimate of drug-likeness (QED) is 0.245. The molecule has 6 nitrogen and oxygen atoms in total. The molecular weight excluding hydrogens is 753 g/mol. The second kappa shape index (κ2) is 13.8. The van der Waals surface area contributed by atoms with Crippen molar-refractivity contribution in [3.05, 3.63) is 158 Å². The van der Waals surface area contributed by atoms with Crippen LogP contribution in [0.1, 0.15) is 0 Å². The fourth-order valence-electron chi connectivity index (χ4n) is 9.83. The molecular formula is C51H36B5N5O. The van der Waals surface area contributed by atoms with Gasteiger partial charge in [0.2, 0.25) is 5.95 Å². The Hall–Kier alpha value is -7.51. The van der Waals surface area contributed by atoms with Gasteiger partial charge in [0, 0.05) is 43.6 Å². The van der Waals surface area contributed by atoms with Crippen molar-refractivity contribution in [1.29, 1.82) is 0 Å². The number of hydrogen-bond donors (Lipinski definition) is 0. The molecule has 12 rings (SSSR count). The summed E-state index contributed by atoms with van der Waals surface area (Å²) < 4.78 is 11.4. The summed E-state index contributed by atoms with van der Waals surface area (Å²) >= 11 is 0. The lowest BCUT2D eigenvalue weighted by molar-refractivity contribution is 0.669. The number of nitrogens with zero attached hydrogens (tertiary/aromatic N) is 5. The summed E-state index contributed by atoms with van der Waals surface area (Å²) in [5, 5.41) is 6.76. The van der Waals surface area contributed by atoms with Gasteiger partial charge in [-0.3, -0.25) is 4.57 Å². The molecule has 0 radical (unpaired) electrons. The third-order valence-corrected chi connectivity index (χ3v) is 13.4. The number of benzene rings is 8. The Morgan fingerprint density at radius 3 is 1.63 bits per heavy atom. The molecule has 12 aromatic rings. The van der Waals surface area contributed by atoms with Crippen LogP contribution in [0.15, 0.2) is 162 Å². The Bertz CT molecular complexity index is 3750. The standard InChI is InChI=1S/C51H36B5N5O/c52-43-42(44(53)46(55)47(56)45(43)54)50-57-49(58-51(59-50)61-38-19-8-5-13-30(38)31-14-6-9-20-39(31)61)35-17-10-16-34-36-26-29(22-24-41(36)62-48(34)35)60-37-18-7-4-15-32(37)33-23-21-28(25-40(33)60)27-11-2-1-3-12-27/h1-26H,52-56H2. The molecule has 4 aromatic heterocycles. The van der Waals surface area contributed by atoms with Crippen LogP contribution in [0.25, 0.3) is 111 Å². The Labute approximate surface area is 362 Å². The summed E-state index contributed by atoms with van der Waals surface area (Å²) in [5.74, 6) is 1.76. The zero-order valence-corrected chi connectivity index (χ0v) is 35.2. The van der Waals surface area contributed by atoms with Gasteiger partial charge in [-0.05, 0) is 59.7 Å². The zero-order chi connectivity index (χ0) is 41.8. The molecule has 0 saturated carbocycles. The van der Waals surface area contributed by atoms with Gasteiger partial charge >= 0.3 is 0 Å². The summed E-state index contributed by atoms with van der Waals surface area (Å²) in [5.41, 5.74) is 17.4. The van der Waals surface area contributed by atoms with Crippen LogP contribution in [0.2, 0.25) is 0 Å². The van der Waals surface area contributed by atoms with Crippen LogP contribution in [0.3, 0.4) is 0 Å². The molecule has 0 aliphatic heterocycles. The largest absolute Gasteiger partial charge is 0.455 e. The molecule has 0 aliphatic carbocycles. The molecule has 0 unspecified atom stereocenters. The van der Waals surface area contributed by atoms with Crippen LogP contribution in [0, 0.1) is 0 Å². The molecule has 0 fully saturated rings. The lowest BCUT2D eigenvalue weighted by atomic mass is 9.60. The Balaban J connectivity index is 1.10. The molecule has 62 heavy (non-hydrogen) atoms. The van der Waals surface area contributed by atoms with E-state index in [1.54, 1.807) is 0 Å². The third-order valence-electron chi connectivity index (χ3n) is 13.4. The average molecular weight is 789 g/mol. The summed E-state index contributed by atoms with van der Waals surface area (Å²) in [6.07, 6.45) is 0. The number of hydrogen-bond acceptors (Lipinski definition) is 4. The van der Waals surface area contributed by atoms with Crippen LogP contribution in [0.5, 0.6) is 0 Å². The van der Waals surface area contributed by atoms with Crippen molar-refractivity contribution in [2.24, 2.45) is 0 Å². The van der Waals surface area contributed by atoms with Crippen LogP contribution in [0.4, 0.5) is 0 Å². The summed E-state index contributed by atoms with van der Waals surface area (Å²) in [6, 6.07) is 55.8. The molecule has 286 valence electrons. The highest BCUT2D eigenvalue weighted by Crippen LogP contribution is 2.40. The molecule has 0 spiro atoms. The maximum absolute atomic E-state index is 6.86. The van der Waals surface area contributed by atoms with E-state index in [-0.39, 0.29) is 0 Å². The summed E-state index contributed by atoms with van der Waals surface area (Å²) in [7, 11) is 11.0. The van der Waals surface area contributed by atoms with E-state index >= 15 is 0 Å². The maximum atomic E-state index is 6.86. The molecule has 0 bridgehead atoms. The first-order valence-corrected chi connectivity index (χ1v) is 21.2. The van der Waals surface area contributed by atoms with E-state index < -0.39 is 0 Å². The van der Waals surface area contributed by atoms with Crippen molar-refractivity contribution in [3.8, 4) is 45.5 Å². The summed E-state index contributed by atoms with van der Waals surface area (Å²) in [6.45, 7) is 0. The van der Waals surface area contributed by atoms with Gasteiger partial charge in [0.05, 0.1) is 27.6 Å². The second-order valence-electron chi connectivity index (χ2n) is 16.6. The zero-order valence-electron chi connectivity index (χ0n) is 35.2. The molecule has 0 aliphatic rings. The maximum Gasteiger partial charge on any atom is 0.238 e. The van der Waals surface area contributed by atoms with E-state index in [0.717, 1.165) is 71.6 Å². The third kappa shape index (κ3) is 5.34. The van der Waals surface area contributed by atoms with Gasteiger partial charge in [-0.2, -0.15) is 9.97 Å². The van der Waals surface area contributed by atoms with E-state index in [1.807, 2.05) is 0 Å². The molecule has 0 amide bonds. The fourth-order valence-corrected chi connectivity index (χ4v) is 9.83. The van der Waals surface area contributed by atoms with Gasteiger partial charge in [-0.1, -0.05) is 120 Å². The van der Waals surface area contributed by atoms with Gasteiger partial charge in [0.25, 0.3) is 0 Å². The summed E-state index contributed by atoms with van der Waals surface area (Å²) in [4.78, 5) is 16.1. The van der Waals surface area contributed by atoms with Crippen LogP contribution < -0.4 is 27.3 Å². The van der Waals surface area contributed by atoms with Gasteiger partial charge in [-0.15, -0.1) is 16.4 Å². The van der Waals surface area contributed by atoms with Crippen molar-refractivity contribution in [1.82, 2.24) is 24.1 Å². The molecule has 0 N–H and O–H groups in total. The minimum atomic E-state index is 0.558. The van der Waals surface area contributed by atoms with E-state index in [4.69, 9.17) is 19.4 Å². The Kier molecular flexibility index (Phi) is 8.07. The van der Waals surface area contributed by atoms with E-state index in [0.29, 0.717) is 17.6 Å². The highest BCUT2D eigenvalue weighted by atomic mass is 16.3. The molecule has 4 heterocycles. The first-order chi connectivity index (χ1) is 30.3. The van der Waals surface area contributed by atoms with Gasteiger partial charge in [0.15, 0.2) is 11.6 Å². The van der Waals surface area contributed by atoms with Crippen molar-refractivity contribution in [2.45, 2.75) is 0 Å². The van der Waals surface area contributed by atoms with E-state index in [1.165, 1.54) is 49.2 Å². The van der Waals surface area contributed by atoms with Gasteiger partial charge < -0.3 is 8.98 Å². The van der Waals surface area contributed by atoms with Crippen LogP contribution in [-0.2, 0) is 0 Å². The van der Waals surface area contributed by atoms with E-state index in [2.05, 4.69) is 206 Å². The minimum absolute atomic E-state index is 0.558. The van der Waals surface area contributed by atoms with Crippen molar-refractivity contribution >= 4 is 132 Å². The second-order valence-corrected chi connectivity index (χ2v) is 16.6. The first-order valence-electron chi connectivity index (χ1n) is 21.2. The topological polar surface area (TPSA) is 61.7 Å². The lowest BCUT2D eigenvalue weighted by Crippen LogP contribution is -2.55. The predicted molar refractivity (Wildman–Crippen MR) is 273 cm³/mol. The molecule has 0 saturated heterocycles. The number of aromatic nitrogens is 5. The number of furan rings is 1. The predicted octanol–water partition coefficient (Wildman–Crippen LogP) is 4.26. The Morgan fingerprint density at radius 1 is 0.387 bits per heavy atom. The first kappa shape index (κ1) is 36.4. The molecule has 8 aromatic carbocycles. The fraction of sp³-hybridized carbons (Fsp3) is 0. The lowest BCUT2D eigenvalue weighted by Gasteiger charge is -2.20. The van der Waals surface area contributed by atoms with Crippen molar-refractivity contribution in [3.63, 3.8) is 0 Å². The number of rotatable bonds is 5. The smallest absolute Gasteiger partial charge is 0.238 e. The van der Waals surface area contributed by atoms with Crippen LogP contribution in [-0.4, -0.2) is 63.3 Å². The highest BCUT2D eigenvalue weighted by molar-refractivity contribution is 6.68.